The van der Waals surface area contributed by atoms with Gasteiger partial charge in [0.05, 0.1) is 5.69 Å². The molecule has 0 aliphatic rings. The molecule has 144 valence electrons. The van der Waals surface area contributed by atoms with Gasteiger partial charge in [0.15, 0.2) is 17.5 Å². The number of rotatable bonds is 5. The van der Waals surface area contributed by atoms with E-state index in [4.69, 9.17) is 0 Å². The lowest BCUT2D eigenvalue weighted by Crippen LogP contribution is -2.22. The molecule has 5 nitrogen and oxygen atoms in total. The van der Waals surface area contributed by atoms with Crippen LogP contribution in [0.1, 0.15) is 21.7 Å². The minimum absolute atomic E-state index is 0.0217. The van der Waals surface area contributed by atoms with Crippen molar-refractivity contribution in [1.82, 2.24) is 9.97 Å². The van der Waals surface area contributed by atoms with E-state index in [0.29, 0.717) is 18.2 Å². The smallest absolute Gasteiger partial charge is 0.274 e. The highest BCUT2D eigenvalue weighted by Gasteiger charge is 2.18. The minimum Gasteiger partial charge on any atom is -0.340 e. The second-order valence-corrected chi connectivity index (χ2v) is 6.21. The molecule has 1 amide bonds. The van der Waals surface area contributed by atoms with Gasteiger partial charge < -0.3 is 10.2 Å². The Morgan fingerprint density at radius 2 is 1.75 bits per heavy atom. The number of halogens is 3. The molecular weight excluding hydrogens is 369 g/mol. The number of carbonyl (C=O) groups excluding carboxylic acids is 1. The van der Waals surface area contributed by atoms with E-state index < -0.39 is 29.0 Å². The van der Waals surface area contributed by atoms with Gasteiger partial charge in [-0.05, 0) is 30.7 Å². The van der Waals surface area contributed by atoms with Crippen LogP contribution in [-0.4, -0.2) is 22.9 Å². The molecule has 0 aliphatic carbocycles. The number of hydrogen-bond acceptors (Lipinski definition) is 4. The third-order valence-corrected chi connectivity index (χ3v) is 3.96. The number of benzene rings is 2. The second kappa shape index (κ2) is 8.08. The van der Waals surface area contributed by atoms with E-state index in [9.17, 15) is 18.0 Å². The van der Waals surface area contributed by atoms with Gasteiger partial charge in [-0.1, -0.05) is 30.3 Å². The van der Waals surface area contributed by atoms with E-state index in [1.165, 1.54) is 6.07 Å². The highest BCUT2D eigenvalue weighted by molar-refractivity contribution is 6.03. The van der Waals surface area contributed by atoms with Gasteiger partial charge in [-0.15, -0.1) is 0 Å². The molecule has 1 aromatic heterocycles. The van der Waals surface area contributed by atoms with Crippen molar-refractivity contribution < 1.29 is 18.0 Å². The molecule has 0 aliphatic heterocycles. The van der Waals surface area contributed by atoms with E-state index >= 15 is 0 Å². The topological polar surface area (TPSA) is 58.1 Å². The van der Waals surface area contributed by atoms with Crippen LogP contribution in [0.3, 0.4) is 0 Å². The molecule has 3 rings (SSSR count). The zero-order valence-electron chi connectivity index (χ0n) is 15.2. The number of amides is 1. The number of carbonyl (C=O) groups is 1. The van der Waals surface area contributed by atoms with Crippen LogP contribution in [0.4, 0.5) is 24.8 Å². The molecule has 28 heavy (non-hydrogen) atoms. The van der Waals surface area contributed by atoms with Gasteiger partial charge in [0.2, 0.25) is 5.95 Å². The molecule has 0 saturated carbocycles. The highest BCUT2D eigenvalue weighted by Crippen LogP contribution is 2.20. The van der Waals surface area contributed by atoms with Crippen LogP contribution < -0.4 is 10.2 Å². The van der Waals surface area contributed by atoms with Crippen LogP contribution in [0, 0.1) is 24.4 Å². The quantitative estimate of drug-likeness (QED) is 0.671. The summed E-state index contributed by atoms with van der Waals surface area (Å²) in [5.41, 5.74) is 1.07. The molecule has 1 heterocycles. The molecule has 0 bridgehead atoms. The molecule has 2 aromatic carbocycles. The summed E-state index contributed by atoms with van der Waals surface area (Å²) >= 11 is 0. The van der Waals surface area contributed by atoms with Crippen LogP contribution in [0.5, 0.6) is 0 Å². The summed E-state index contributed by atoms with van der Waals surface area (Å²) in [6, 6.07) is 12.7. The summed E-state index contributed by atoms with van der Waals surface area (Å²) in [5, 5.41) is 2.21. The van der Waals surface area contributed by atoms with E-state index in [2.05, 4.69) is 15.3 Å². The molecule has 8 heteroatoms. The molecule has 1 N–H and O–H groups in total. The van der Waals surface area contributed by atoms with E-state index in [-0.39, 0.29) is 5.69 Å². The molecule has 0 saturated heterocycles. The number of hydrogen-bond donors (Lipinski definition) is 1. The first-order valence-electron chi connectivity index (χ1n) is 8.40. The number of anilines is 2. The summed E-state index contributed by atoms with van der Waals surface area (Å²) < 4.78 is 40.2. The molecule has 0 unspecified atom stereocenters. The van der Waals surface area contributed by atoms with Crippen LogP contribution in [0.15, 0.2) is 48.5 Å². The van der Waals surface area contributed by atoms with Crippen molar-refractivity contribution in [2.24, 2.45) is 0 Å². The van der Waals surface area contributed by atoms with Gasteiger partial charge >= 0.3 is 0 Å². The van der Waals surface area contributed by atoms with Crippen molar-refractivity contribution in [1.29, 1.82) is 0 Å². The third-order valence-electron chi connectivity index (χ3n) is 3.96. The predicted octanol–water partition coefficient (Wildman–Crippen LogP) is 4.09. The van der Waals surface area contributed by atoms with Gasteiger partial charge in [-0.25, -0.2) is 23.1 Å². The average Bonchev–Trinajstić information content (AvgIpc) is 2.68. The summed E-state index contributed by atoms with van der Waals surface area (Å²) in [6.45, 7) is 2.21. The van der Waals surface area contributed by atoms with E-state index in [0.717, 1.165) is 17.7 Å². The molecule has 0 fully saturated rings. The Morgan fingerprint density at radius 3 is 2.46 bits per heavy atom. The fourth-order valence-corrected chi connectivity index (χ4v) is 2.58. The van der Waals surface area contributed by atoms with Crippen molar-refractivity contribution in [3.8, 4) is 0 Å². The second-order valence-electron chi connectivity index (χ2n) is 6.21. The van der Waals surface area contributed by atoms with Gasteiger partial charge in [0, 0.05) is 19.3 Å². The summed E-state index contributed by atoms with van der Waals surface area (Å²) in [7, 11) is 1.78. The zero-order valence-corrected chi connectivity index (χ0v) is 15.2. The van der Waals surface area contributed by atoms with Gasteiger partial charge in [0.1, 0.15) is 5.69 Å². The Balaban J connectivity index is 1.82. The van der Waals surface area contributed by atoms with Crippen molar-refractivity contribution in [3.05, 3.63) is 82.9 Å². The largest absolute Gasteiger partial charge is 0.340 e. The summed E-state index contributed by atoms with van der Waals surface area (Å²) in [4.78, 5) is 22.7. The van der Waals surface area contributed by atoms with Crippen LogP contribution >= 0.6 is 0 Å². The van der Waals surface area contributed by atoms with Crippen molar-refractivity contribution in [2.45, 2.75) is 13.5 Å². The zero-order chi connectivity index (χ0) is 20.3. The average molecular weight is 386 g/mol. The van der Waals surface area contributed by atoms with Crippen molar-refractivity contribution >= 4 is 17.5 Å². The maximum absolute atomic E-state index is 13.8. The Morgan fingerprint density at radius 1 is 1.04 bits per heavy atom. The Kier molecular flexibility index (Phi) is 5.58. The number of aromatic nitrogens is 2. The Labute approximate surface area is 159 Å². The molecule has 3 aromatic rings. The first kappa shape index (κ1) is 19.3. The van der Waals surface area contributed by atoms with Gasteiger partial charge in [-0.2, -0.15) is 0 Å². The SMILES string of the molecule is Cc1cc(C(=O)Nc2ccc(F)c(F)c2F)nc(N(C)Cc2ccccc2)n1. The lowest BCUT2D eigenvalue weighted by Gasteiger charge is -2.18. The van der Waals surface area contributed by atoms with Crippen molar-refractivity contribution in [3.63, 3.8) is 0 Å². The highest BCUT2D eigenvalue weighted by atomic mass is 19.2. The van der Waals surface area contributed by atoms with Crippen LogP contribution in [0.2, 0.25) is 0 Å². The minimum atomic E-state index is -1.65. The third kappa shape index (κ3) is 4.28. The van der Waals surface area contributed by atoms with Gasteiger partial charge in [0.25, 0.3) is 5.91 Å². The van der Waals surface area contributed by atoms with Gasteiger partial charge in [-0.3, -0.25) is 4.79 Å². The standard InChI is InChI=1S/C20H17F3N4O/c1-12-10-16(19(28)25-15-9-8-14(21)17(22)18(15)23)26-20(24-12)27(2)11-13-6-4-3-5-7-13/h3-10H,11H2,1-2H3,(H,25,28). The maximum atomic E-state index is 13.8. The normalized spacial score (nSPS) is 10.6. The first-order chi connectivity index (χ1) is 13.3. The van der Waals surface area contributed by atoms with E-state index in [1.807, 2.05) is 30.3 Å². The van der Waals surface area contributed by atoms with Crippen LogP contribution in [-0.2, 0) is 6.54 Å². The summed E-state index contributed by atoms with van der Waals surface area (Å²) in [5.74, 6) is -4.91. The lowest BCUT2D eigenvalue weighted by atomic mass is 10.2. The Bertz CT molecular complexity index is 1010. The molecular formula is C20H17F3N4O. The van der Waals surface area contributed by atoms with E-state index in [1.54, 1.807) is 18.9 Å². The van der Waals surface area contributed by atoms with Crippen molar-refractivity contribution in [2.75, 3.05) is 17.3 Å². The molecule has 0 radical (unpaired) electrons. The first-order valence-corrected chi connectivity index (χ1v) is 8.40. The number of aryl methyl sites for hydroxylation is 1. The monoisotopic (exact) mass is 386 g/mol. The fraction of sp³-hybridized carbons (Fsp3) is 0.150. The molecule has 0 atom stereocenters. The maximum Gasteiger partial charge on any atom is 0.274 e. The van der Waals surface area contributed by atoms with Crippen LogP contribution in [0.25, 0.3) is 0 Å². The summed E-state index contributed by atoms with van der Waals surface area (Å²) in [6.07, 6.45) is 0. The fourth-order valence-electron chi connectivity index (χ4n) is 2.58. The number of nitrogens with one attached hydrogen (secondary N) is 1. The number of nitrogens with zero attached hydrogens (tertiary/aromatic N) is 3. The lowest BCUT2D eigenvalue weighted by molar-refractivity contribution is 0.102. The molecule has 0 spiro atoms. The Hall–Kier alpha value is -3.42. The predicted molar refractivity (Wildman–Crippen MR) is 99.6 cm³/mol.